The molecule has 0 saturated heterocycles. The SMILES string of the molecule is CC/C=C\C/C=C\C/C=C\CCCCCCCC(=O)OC(COC(=O)CCCCCCC/C=C\CCCC)COC(=O)CCCCCCCCCCCCCCCCC/C=C\C/C=C\CCCCCCC. The molecule has 0 aromatic rings. The van der Waals surface area contributed by atoms with Gasteiger partial charge in [0.05, 0.1) is 0 Å². The second kappa shape index (κ2) is 59.4. The average molecular weight is 992 g/mol. The maximum absolute atomic E-state index is 12.8. The summed E-state index contributed by atoms with van der Waals surface area (Å²) in [6.45, 7) is 6.48. The molecule has 0 aliphatic carbocycles. The molecule has 71 heavy (non-hydrogen) atoms. The topological polar surface area (TPSA) is 78.9 Å². The number of hydrogen-bond acceptors (Lipinski definition) is 6. The zero-order chi connectivity index (χ0) is 51.4. The zero-order valence-electron chi connectivity index (χ0n) is 47.0. The van der Waals surface area contributed by atoms with Crippen LogP contribution in [0.5, 0.6) is 0 Å². The van der Waals surface area contributed by atoms with Gasteiger partial charge in [-0.15, -0.1) is 0 Å². The van der Waals surface area contributed by atoms with Crippen molar-refractivity contribution in [2.45, 2.75) is 309 Å². The van der Waals surface area contributed by atoms with E-state index < -0.39 is 6.10 Å². The molecule has 0 heterocycles. The van der Waals surface area contributed by atoms with Crippen LogP contribution in [0.25, 0.3) is 0 Å². The first kappa shape index (κ1) is 67.8. The van der Waals surface area contributed by atoms with Crippen LogP contribution < -0.4 is 0 Å². The monoisotopic (exact) mass is 991 g/mol. The lowest BCUT2D eigenvalue weighted by atomic mass is 10.0. The van der Waals surface area contributed by atoms with Crippen LogP contribution in [0.1, 0.15) is 303 Å². The van der Waals surface area contributed by atoms with E-state index in [9.17, 15) is 14.4 Å². The van der Waals surface area contributed by atoms with Crippen LogP contribution in [0.15, 0.2) is 72.9 Å². The standard InChI is InChI=1S/C65H114O6/c1-4-7-10-13-16-19-22-24-26-27-28-29-30-31-32-33-34-35-36-37-39-40-43-46-49-52-55-58-64(67)70-61-62(60-69-63(66)57-54-51-48-45-42-21-18-15-12-9-6-3)71-65(68)59-56-53-50-47-44-41-38-25-23-20-17-14-11-8-5-2/h8,11,15,17-18,20,22,24-25,27-28,38,62H,4-7,9-10,12-14,16,19,21,23,26,29-37,39-61H2,1-3H3/b11-8-,18-15-,20-17-,24-22-,28-27-,38-25-. The quantitative estimate of drug-likeness (QED) is 0.0261. The lowest BCUT2D eigenvalue weighted by Crippen LogP contribution is -2.30. The number of allylic oxidation sites excluding steroid dienone is 12. The molecule has 6 heteroatoms. The molecular weight excluding hydrogens is 877 g/mol. The summed E-state index contributed by atoms with van der Waals surface area (Å²) in [4.78, 5) is 38.1. The van der Waals surface area contributed by atoms with Gasteiger partial charge in [-0.1, -0.05) is 254 Å². The summed E-state index contributed by atoms with van der Waals surface area (Å²) < 4.78 is 16.8. The summed E-state index contributed by atoms with van der Waals surface area (Å²) in [7, 11) is 0. The Morgan fingerprint density at radius 1 is 0.296 bits per heavy atom. The van der Waals surface area contributed by atoms with Gasteiger partial charge in [-0.05, 0) is 103 Å². The van der Waals surface area contributed by atoms with Gasteiger partial charge in [0.25, 0.3) is 0 Å². The van der Waals surface area contributed by atoms with Crippen molar-refractivity contribution in [2.75, 3.05) is 13.2 Å². The first-order valence-electron chi connectivity index (χ1n) is 30.4. The van der Waals surface area contributed by atoms with Gasteiger partial charge in [0.2, 0.25) is 0 Å². The predicted octanol–water partition coefficient (Wildman–Crippen LogP) is 20.5. The van der Waals surface area contributed by atoms with Gasteiger partial charge in [-0.3, -0.25) is 14.4 Å². The molecule has 0 amide bonds. The third-order valence-electron chi connectivity index (χ3n) is 13.2. The number of esters is 3. The van der Waals surface area contributed by atoms with Crippen LogP contribution >= 0.6 is 0 Å². The Hall–Kier alpha value is -3.15. The van der Waals surface area contributed by atoms with Gasteiger partial charge >= 0.3 is 17.9 Å². The molecule has 0 aliphatic rings. The van der Waals surface area contributed by atoms with E-state index in [1.54, 1.807) is 0 Å². The molecule has 0 spiro atoms. The Labute approximate surface area is 440 Å². The second-order valence-electron chi connectivity index (χ2n) is 20.2. The minimum Gasteiger partial charge on any atom is -0.462 e. The summed E-state index contributed by atoms with van der Waals surface area (Å²) in [5.41, 5.74) is 0. The first-order chi connectivity index (χ1) is 35.0. The Morgan fingerprint density at radius 3 is 0.915 bits per heavy atom. The molecule has 0 aliphatic heterocycles. The summed E-state index contributed by atoms with van der Waals surface area (Å²) in [6, 6.07) is 0. The molecule has 0 N–H and O–H groups in total. The minimum absolute atomic E-state index is 0.0837. The number of hydrogen-bond donors (Lipinski definition) is 0. The summed E-state index contributed by atoms with van der Waals surface area (Å²) in [5, 5.41) is 0. The van der Waals surface area contributed by atoms with E-state index in [4.69, 9.17) is 14.2 Å². The van der Waals surface area contributed by atoms with Gasteiger partial charge in [-0.25, -0.2) is 0 Å². The normalized spacial score (nSPS) is 12.5. The maximum atomic E-state index is 12.8. The maximum Gasteiger partial charge on any atom is 0.306 e. The Kier molecular flexibility index (Phi) is 56.8. The molecule has 1 unspecified atom stereocenters. The molecular formula is C65H114O6. The zero-order valence-corrected chi connectivity index (χ0v) is 47.0. The highest BCUT2D eigenvalue weighted by atomic mass is 16.6. The van der Waals surface area contributed by atoms with Crippen LogP contribution in [0.3, 0.4) is 0 Å². The van der Waals surface area contributed by atoms with Crippen LogP contribution in [-0.4, -0.2) is 37.2 Å². The van der Waals surface area contributed by atoms with Crippen molar-refractivity contribution in [2.24, 2.45) is 0 Å². The molecule has 1 atom stereocenters. The molecule has 410 valence electrons. The van der Waals surface area contributed by atoms with Crippen molar-refractivity contribution in [1.29, 1.82) is 0 Å². The van der Waals surface area contributed by atoms with Crippen molar-refractivity contribution in [1.82, 2.24) is 0 Å². The summed E-state index contributed by atoms with van der Waals surface area (Å²) in [5.74, 6) is -0.902. The highest BCUT2D eigenvalue weighted by molar-refractivity contribution is 5.71. The molecule has 0 rings (SSSR count). The number of carbonyl (C=O) groups is 3. The average Bonchev–Trinajstić information content (AvgIpc) is 3.37. The fraction of sp³-hybridized carbons (Fsp3) is 0.769. The molecule has 6 nitrogen and oxygen atoms in total. The van der Waals surface area contributed by atoms with Gasteiger partial charge in [-0.2, -0.15) is 0 Å². The molecule has 0 radical (unpaired) electrons. The Balaban J connectivity index is 4.21. The van der Waals surface area contributed by atoms with Crippen molar-refractivity contribution in [3.8, 4) is 0 Å². The number of ether oxygens (including phenoxy) is 3. The van der Waals surface area contributed by atoms with E-state index in [-0.39, 0.29) is 31.1 Å². The van der Waals surface area contributed by atoms with Crippen molar-refractivity contribution >= 4 is 17.9 Å². The van der Waals surface area contributed by atoms with Crippen molar-refractivity contribution in [3.63, 3.8) is 0 Å². The van der Waals surface area contributed by atoms with Crippen molar-refractivity contribution < 1.29 is 28.6 Å². The number of rotatable bonds is 55. The fourth-order valence-corrected chi connectivity index (χ4v) is 8.59. The lowest BCUT2D eigenvalue weighted by molar-refractivity contribution is -0.167. The molecule has 0 aromatic carbocycles. The summed E-state index contributed by atoms with van der Waals surface area (Å²) in [6.07, 6.45) is 76.3. The third kappa shape index (κ3) is 57.6. The van der Waals surface area contributed by atoms with Gasteiger partial charge < -0.3 is 14.2 Å². The van der Waals surface area contributed by atoms with Crippen LogP contribution in [0.2, 0.25) is 0 Å². The molecule has 0 aromatic heterocycles. The molecule has 0 bridgehead atoms. The van der Waals surface area contributed by atoms with E-state index in [0.29, 0.717) is 19.3 Å². The Bertz CT molecular complexity index is 1320. The van der Waals surface area contributed by atoms with E-state index >= 15 is 0 Å². The highest BCUT2D eigenvalue weighted by Crippen LogP contribution is 2.16. The summed E-state index contributed by atoms with van der Waals surface area (Å²) >= 11 is 0. The largest absolute Gasteiger partial charge is 0.462 e. The van der Waals surface area contributed by atoms with E-state index in [2.05, 4.69) is 93.7 Å². The van der Waals surface area contributed by atoms with Crippen molar-refractivity contribution in [3.05, 3.63) is 72.9 Å². The van der Waals surface area contributed by atoms with E-state index in [0.717, 1.165) is 109 Å². The first-order valence-corrected chi connectivity index (χ1v) is 30.4. The van der Waals surface area contributed by atoms with E-state index in [1.165, 1.54) is 154 Å². The van der Waals surface area contributed by atoms with Crippen LogP contribution in [0.4, 0.5) is 0 Å². The van der Waals surface area contributed by atoms with E-state index in [1.807, 2.05) is 0 Å². The van der Waals surface area contributed by atoms with Gasteiger partial charge in [0, 0.05) is 19.3 Å². The Morgan fingerprint density at radius 2 is 0.563 bits per heavy atom. The van der Waals surface area contributed by atoms with Crippen LogP contribution in [-0.2, 0) is 28.6 Å². The fourth-order valence-electron chi connectivity index (χ4n) is 8.59. The lowest BCUT2D eigenvalue weighted by Gasteiger charge is -2.18. The predicted molar refractivity (Wildman–Crippen MR) is 307 cm³/mol. The third-order valence-corrected chi connectivity index (χ3v) is 13.2. The number of carbonyl (C=O) groups excluding carboxylic acids is 3. The smallest absolute Gasteiger partial charge is 0.306 e. The van der Waals surface area contributed by atoms with Gasteiger partial charge in [0.15, 0.2) is 6.10 Å². The number of unbranched alkanes of at least 4 members (excludes halogenated alkanes) is 32. The molecule has 0 saturated carbocycles. The van der Waals surface area contributed by atoms with Crippen LogP contribution in [0, 0.1) is 0 Å². The second-order valence-corrected chi connectivity index (χ2v) is 20.2. The highest BCUT2D eigenvalue weighted by Gasteiger charge is 2.19. The van der Waals surface area contributed by atoms with Gasteiger partial charge in [0.1, 0.15) is 13.2 Å². The minimum atomic E-state index is -0.787. The molecule has 0 fully saturated rings.